The third-order valence-corrected chi connectivity index (χ3v) is 3.99. The normalized spacial score (nSPS) is 49.5. The van der Waals surface area contributed by atoms with Crippen molar-refractivity contribution >= 4 is 6.09 Å². The fourth-order valence-corrected chi connectivity index (χ4v) is 3.24. The SMILES string of the molecule is C[C@@]12CC[C@@](C)([C@@H](F)[C@H](O)C1)N2C(=O)O. The number of hydrogen-bond acceptors (Lipinski definition) is 2. The average Bonchev–Trinajstić information content (AvgIpc) is 2.33. The van der Waals surface area contributed by atoms with Crippen molar-refractivity contribution in [2.24, 2.45) is 0 Å². The number of aliphatic hydroxyl groups is 1. The van der Waals surface area contributed by atoms with Gasteiger partial charge in [0, 0.05) is 5.54 Å². The van der Waals surface area contributed by atoms with Crippen LogP contribution >= 0.6 is 0 Å². The molecule has 2 saturated heterocycles. The second kappa shape index (κ2) is 2.84. The van der Waals surface area contributed by atoms with Crippen LogP contribution in [-0.4, -0.2) is 44.6 Å². The molecule has 0 spiro atoms. The second-order valence-corrected chi connectivity index (χ2v) is 5.15. The third kappa shape index (κ3) is 1.19. The van der Waals surface area contributed by atoms with Crippen LogP contribution in [0.2, 0.25) is 0 Å². The molecule has 0 aromatic carbocycles. The van der Waals surface area contributed by atoms with Crippen LogP contribution in [0.3, 0.4) is 0 Å². The Morgan fingerprint density at radius 2 is 2.07 bits per heavy atom. The Morgan fingerprint density at radius 1 is 1.47 bits per heavy atom. The highest BCUT2D eigenvalue weighted by atomic mass is 19.1. The van der Waals surface area contributed by atoms with Crippen molar-refractivity contribution in [2.75, 3.05) is 0 Å². The topological polar surface area (TPSA) is 60.8 Å². The maximum absolute atomic E-state index is 13.9. The van der Waals surface area contributed by atoms with Gasteiger partial charge in [0.25, 0.3) is 0 Å². The van der Waals surface area contributed by atoms with Gasteiger partial charge in [-0.1, -0.05) is 0 Å². The van der Waals surface area contributed by atoms with Crippen molar-refractivity contribution in [3.05, 3.63) is 0 Å². The number of amides is 1. The predicted molar refractivity (Wildman–Crippen MR) is 51.4 cm³/mol. The van der Waals surface area contributed by atoms with Crippen LogP contribution in [0.5, 0.6) is 0 Å². The molecule has 2 bridgehead atoms. The van der Waals surface area contributed by atoms with Gasteiger partial charge < -0.3 is 10.2 Å². The van der Waals surface area contributed by atoms with Crippen LogP contribution in [0.25, 0.3) is 0 Å². The van der Waals surface area contributed by atoms with Crippen LogP contribution in [0.4, 0.5) is 9.18 Å². The minimum absolute atomic E-state index is 0.191. The van der Waals surface area contributed by atoms with Crippen molar-refractivity contribution in [2.45, 2.75) is 56.5 Å². The first-order chi connectivity index (χ1) is 6.81. The standard InChI is InChI=1S/C10H16FNO3/c1-9-3-4-10(2,12(9)8(14)15)7(11)6(13)5-9/h6-7,13H,3-5H2,1-2H3,(H,14,15)/t6-,7+,9-,10+/m1/s1. The van der Waals surface area contributed by atoms with Crippen LogP contribution in [0.15, 0.2) is 0 Å². The van der Waals surface area contributed by atoms with Gasteiger partial charge in [-0.05, 0) is 33.1 Å². The van der Waals surface area contributed by atoms with Gasteiger partial charge in [-0.2, -0.15) is 0 Å². The number of aliphatic hydroxyl groups excluding tert-OH is 1. The van der Waals surface area contributed by atoms with E-state index in [1.165, 1.54) is 4.90 Å². The average molecular weight is 217 g/mol. The van der Waals surface area contributed by atoms with E-state index < -0.39 is 29.4 Å². The molecule has 15 heavy (non-hydrogen) atoms. The molecule has 4 atom stereocenters. The molecule has 0 aromatic heterocycles. The molecule has 2 aliphatic rings. The van der Waals surface area contributed by atoms with E-state index in [2.05, 4.69) is 0 Å². The zero-order chi connectivity index (χ0) is 11.4. The lowest BCUT2D eigenvalue weighted by molar-refractivity contribution is -0.0938. The van der Waals surface area contributed by atoms with Crippen LogP contribution in [-0.2, 0) is 0 Å². The molecule has 2 N–H and O–H groups in total. The van der Waals surface area contributed by atoms with Gasteiger partial charge in [0.2, 0.25) is 0 Å². The number of fused-ring (bicyclic) bond motifs is 2. The molecule has 5 heteroatoms. The molecule has 2 rings (SSSR count). The summed E-state index contributed by atoms with van der Waals surface area (Å²) in [5, 5.41) is 18.7. The Morgan fingerprint density at radius 3 is 2.60 bits per heavy atom. The Bertz CT molecular complexity index is 311. The number of nitrogens with zero attached hydrogens (tertiary/aromatic N) is 1. The Kier molecular flexibility index (Phi) is 2.02. The smallest absolute Gasteiger partial charge is 0.408 e. The zero-order valence-electron chi connectivity index (χ0n) is 8.90. The summed E-state index contributed by atoms with van der Waals surface area (Å²) >= 11 is 0. The minimum Gasteiger partial charge on any atom is -0.465 e. The third-order valence-electron chi connectivity index (χ3n) is 3.99. The van der Waals surface area contributed by atoms with Gasteiger partial charge >= 0.3 is 6.09 Å². The monoisotopic (exact) mass is 217 g/mol. The van der Waals surface area contributed by atoms with Crippen molar-refractivity contribution in [3.8, 4) is 0 Å². The predicted octanol–water partition coefficient (Wildman–Crippen LogP) is 1.38. The summed E-state index contributed by atoms with van der Waals surface area (Å²) < 4.78 is 13.9. The van der Waals surface area contributed by atoms with Gasteiger partial charge in [-0.3, -0.25) is 4.90 Å². The van der Waals surface area contributed by atoms with Gasteiger partial charge in [-0.25, -0.2) is 9.18 Å². The summed E-state index contributed by atoms with van der Waals surface area (Å²) in [7, 11) is 0. The van der Waals surface area contributed by atoms with Gasteiger partial charge in [0.1, 0.15) is 6.17 Å². The van der Waals surface area contributed by atoms with E-state index in [1.807, 2.05) is 0 Å². The summed E-state index contributed by atoms with van der Waals surface area (Å²) in [5.41, 5.74) is -1.67. The fourth-order valence-electron chi connectivity index (χ4n) is 3.24. The molecule has 2 aliphatic heterocycles. The lowest BCUT2D eigenvalue weighted by Gasteiger charge is -2.50. The number of halogens is 1. The maximum Gasteiger partial charge on any atom is 0.408 e. The number of rotatable bonds is 0. The molecule has 2 fully saturated rings. The zero-order valence-corrected chi connectivity index (χ0v) is 8.90. The number of alkyl halides is 1. The van der Waals surface area contributed by atoms with E-state index in [4.69, 9.17) is 5.11 Å². The lowest BCUT2D eigenvalue weighted by Crippen LogP contribution is -2.65. The summed E-state index contributed by atoms with van der Waals surface area (Å²) in [5.74, 6) is 0. The van der Waals surface area contributed by atoms with Crippen molar-refractivity contribution in [3.63, 3.8) is 0 Å². The molecule has 4 nitrogen and oxygen atoms in total. The molecule has 2 heterocycles. The Labute approximate surface area is 87.7 Å². The quantitative estimate of drug-likeness (QED) is 0.644. The Balaban J connectivity index is 2.44. The maximum atomic E-state index is 13.9. The first-order valence-electron chi connectivity index (χ1n) is 5.17. The number of carbonyl (C=O) groups is 1. The van der Waals surface area contributed by atoms with Gasteiger partial charge in [0.05, 0.1) is 11.6 Å². The summed E-state index contributed by atoms with van der Waals surface area (Å²) in [4.78, 5) is 12.4. The molecule has 0 aliphatic carbocycles. The lowest BCUT2D eigenvalue weighted by atomic mass is 9.82. The highest BCUT2D eigenvalue weighted by Gasteiger charge is 2.62. The van der Waals surface area contributed by atoms with Crippen LogP contribution in [0, 0.1) is 0 Å². The van der Waals surface area contributed by atoms with E-state index in [0.29, 0.717) is 12.8 Å². The Hall–Kier alpha value is -0.840. The van der Waals surface area contributed by atoms with Crippen molar-refractivity contribution < 1.29 is 19.4 Å². The summed E-state index contributed by atoms with van der Waals surface area (Å²) in [6.07, 6.45) is -2.33. The highest BCUT2D eigenvalue weighted by Crippen LogP contribution is 2.51. The molecule has 86 valence electrons. The molecule has 0 saturated carbocycles. The highest BCUT2D eigenvalue weighted by molar-refractivity contribution is 5.68. The van der Waals surface area contributed by atoms with Gasteiger partial charge in [0.15, 0.2) is 0 Å². The molecule has 0 aromatic rings. The van der Waals surface area contributed by atoms with E-state index in [0.717, 1.165) is 0 Å². The summed E-state index contributed by atoms with van der Waals surface area (Å²) in [6, 6.07) is 0. The van der Waals surface area contributed by atoms with Gasteiger partial charge in [-0.15, -0.1) is 0 Å². The molecule has 1 amide bonds. The molecule has 0 unspecified atom stereocenters. The largest absolute Gasteiger partial charge is 0.465 e. The minimum atomic E-state index is -1.48. The van der Waals surface area contributed by atoms with E-state index >= 15 is 0 Å². The van der Waals surface area contributed by atoms with Crippen molar-refractivity contribution in [1.82, 2.24) is 4.90 Å². The summed E-state index contributed by atoms with van der Waals surface area (Å²) in [6.45, 7) is 3.36. The molecule has 0 radical (unpaired) electrons. The van der Waals surface area contributed by atoms with E-state index in [1.54, 1.807) is 13.8 Å². The number of piperidine rings is 1. The number of carboxylic acid groups (broad SMARTS) is 1. The van der Waals surface area contributed by atoms with Crippen LogP contribution in [0.1, 0.15) is 33.1 Å². The fraction of sp³-hybridized carbons (Fsp3) is 0.900. The van der Waals surface area contributed by atoms with E-state index in [9.17, 15) is 14.3 Å². The van der Waals surface area contributed by atoms with Crippen molar-refractivity contribution in [1.29, 1.82) is 0 Å². The molecular formula is C10H16FNO3. The van der Waals surface area contributed by atoms with Crippen LogP contribution < -0.4 is 0 Å². The second-order valence-electron chi connectivity index (χ2n) is 5.15. The first-order valence-corrected chi connectivity index (χ1v) is 5.17. The molecular weight excluding hydrogens is 201 g/mol. The number of hydrogen-bond donors (Lipinski definition) is 2. The van der Waals surface area contributed by atoms with E-state index in [-0.39, 0.29) is 6.42 Å². The first kappa shape index (κ1) is 10.7.